The van der Waals surface area contributed by atoms with Gasteiger partial charge in [-0.1, -0.05) is 31.9 Å². The molecule has 0 aliphatic heterocycles. The van der Waals surface area contributed by atoms with Gasteiger partial charge in [-0.3, -0.25) is 0 Å². The van der Waals surface area contributed by atoms with Crippen LogP contribution in [0, 0.1) is 5.92 Å². The van der Waals surface area contributed by atoms with Gasteiger partial charge in [-0.05, 0) is 48.8 Å². The Morgan fingerprint density at radius 2 is 1.95 bits per heavy atom. The average molecular weight is 293 g/mol. The third-order valence-electron chi connectivity index (χ3n) is 4.08. The summed E-state index contributed by atoms with van der Waals surface area (Å²) in [5.41, 5.74) is 1.37. The second-order valence-electron chi connectivity index (χ2n) is 5.57. The van der Waals surface area contributed by atoms with Gasteiger partial charge in [0, 0.05) is 11.8 Å². The summed E-state index contributed by atoms with van der Waals surface area (Å²) in [6.45, 7) is 3.19. The van der Waals surface area contributed by atoms with Crippen molar-refractivity contribution in [2.75, 3.05) is 25.2 Å². The van der Waals surface area contributed by atoms with E-state index in [0.717, 1.165) is 24.0 Å². The number of rotatable bonds is 8. The maximum Gasteiger partial charge on any atom is 0.118 e. The maximum absolute atomic E-state index is 5.23. The number of hydrogen-bond acceptors (Lipinski definition) is 3. The van der Waals surface area contributed by atoms with E-state index < -0.39 is 0 Å². The molecule has 112 valence electrons. The number of hydrogen-bond donors (Lipinski definition) is 1. The Morgan fingerprint density at radius 1 is 1.25 bits per heavy atom. The van der Waals surface area contributed by atoms with Crippen molar-refractivity contribution in [1.29, 1.82) is 0 Å². The zero-order valence-corrected chi connectivity index (χ0v) is 13.5. The molecule has 0 heterocycles. The van der Waals surface area contributed by atoms with Gasteiger partial charge in [-0.15, -0.1) is 0 Å². The first-order valence-corrected chi connectivity index (χ1v) is 8.94. The lowest BCUT2D eigenvalue weighted by Crippen LogP contribution is -2.23. The molecular weight excluding hydrogens is 266 g/mol. The molecule has 1 unspecified atom stereocenters. The third-order valence-corrected chi connectivity index (χ3v) is 5.36. The Balaban J connectivity index is 1.84. The van der Waals surface area contributed by atoms with Crippen LogP contribution in [0.15, 0.2) is 24.3 Å². The number of ether oxygens (including phenoxy) is 1. The van der Waals surface area contributed by atoms with Crippen LogP contribution in [0.4, 0.5) is 0 Å². The second-order valence-corrected chi connectivity index (χ2v) is 6.65. The fourth-order valence-electron chi connectivity index (χ4n) is 2.89. The van der Waals surface area contributed by atoms with E-state index in [2.05, 4.69) is 48.3 Å². The minimum absolute atomic E-state index is 0.456. The average Bonchev–Trinajstić information content (AvgIpc) is 3.00. The minimum atomic E-state index is 0.456. The standard InChI is InChI=1S/C17H27NOS/c1-3-18-17(13-20-12-14-6-4-5-7-14)15-8-10-16(19-2)11-9-15/h8-11,14,17-18H,3-7,12-13H2,1-2H3. The maximum atomic E-state index is 5.23. The van der Waals surface area contributed by atoms with E-state index >= 15 is 0 Å². The van der Waals surface area contributed by atoms with Crippen molar-refractivity contribution in [3.8, 4) is 5.75 Å². The van der Waals surface area contributed by atoms with Gasteiger partial charge >= 0.3 is 0 Å². The van der Waals surface area contributed by atoms with Gasteiger partial charge in [0.25, 0.3) is 0 Å². The molecule has 0 spiro atoms. The molecule has 1 N–H and O–H groups in total. The van der Waals surface area contributed by atoms with Crippen LogP contribution in [0.1, 0.15) is 44.2 Å². The predicted molar refractivity (Wildman–Crippen MR) is 88.7 cm³/mol. The lowest BCUT2D eigenvalue weighted by molar-refractivity contribution is 0.414. The minimum Gasteiger partial charge on any atom is -0.497 e. The Kier molecular flexibility index (Phi) is 6.74. The van der Waals surface area contributed by atoms with Crippen LogP contribution in [0.2, 0.25) is 0 Å². The molecule has 1 atom stereocenters. The molecule has 0 amide bonds. The molecule has 1 aliphatic rings. The van der Waals surface area contributed by atoms with Gasteiger partial charge < -0.3 is 10.1 Å². The van der Waals surface area contributed by atoms with Crippen LogP contribution >= 0.6 is 11.8 Å². The summed E-state index contributed by atoms with van der Waals surface area (Å²) in [6.07, 6.45) is 5.78. The highest BCUT2D eigenvalue weighted by Crippen LogP contribution is 2.29. The molecule has 3 heteroatoms. The van der Waals surface area contributed by atoms with Gasteiger partial charge in [0.15, 0.2) is 0 Å². The van der Waals surface area contributed by atoms with Crippen molar-refractivity contribution in [3.63, 3.8) is 0 Å². The molecule has 1 fully saturated rings. The van der Waals surface area contributed by atoms with Crippen molar-refractivity contribution in [1.82, 2.24) is 5.32 Å². The molecule has 1 aromatic rings. The first kappa shape index (κ1) is 15.7. The van der Waals surface area contributed by atoms with Crippen molar-refractivity contribution in [3.05, 3.63) is 29.8 Å². The van der Waals surface area contributed by atoms with Crippen molar-refractivity contribution in [2.24, 2.45) is 5.92 Å². The van der Waals surface area contributed by atoms with Crippen LogP contribution in [-0.2, 0) is 0 Å². The Hall–Kier alpha value is -0.670. The van der Waals surface area contributed by atoms with Crippen LogP contribution in [0.5, 0.6) is 5.75 Å². The zero-order valence-electron chi connectivity index (χ0n) is 12.7. The largest absolute Gasteiger partial charge is 0.497 e. The highest BCUT2D eigenvalue weighted by atomic mass is 32.2. The van der Waals surface area contributed by atoms with E-state index in [0.29, 0.717) is 6.04 Å². The molecule has 1 aromatic carbocycles. The molecular formula is C17H27NOS. The van der Waals surface area contributed by atoms with E-state index in [1.165, 1.54) is 37.0 Å². The van der Waals surface area contributed by atoms with E-state index in [-0.39, 0.29) is 0 Å². The van der Waals surface area contributed by atoms with E-state index in [9.17, 15) is 0 Å². The highest BCUT2D eigenvalue weighted by molar-refractivity contribution is 7.99. The first-order chi connectivity index (χ1) is 9.83. The van der Waals surface area contributed by atoms with Crippen molar-refractivity contribution < 1.29 is 4.74 Å². The molecule has 0 radical (unpaired) electrons. The second kappa shape index (κ2) is 8.58. The molecule has 1 aliphatic carbocycles. The summed E-state index contributed by atoms with van der Waals surface area (Å²) in [5, 5.41) is 3.60. The fourth-order valence-corrected chi connectivity index (χ4v) is 4.23. The Morgan fingerprint density at radius 3 is 2.55 bits per heavy atom. The van der Waals surface area contributed by atoms with Gasteiger partial charge in [0.05, 0.1) is 7.11 Å². The smallest absolute Gasteiger partial charge is 0.118 e. The SMILES string of the molecule is CCNC(CSCC1CCCC1)c1ccc(OC)cc1. The van der Waals surface area contributed by atoms with Crippen molar-refractivity contribution >= 4 is 11.8 Å². The van der Waals surface area contributed by atoms with E-state index in [1.807, 2.05) is 0 Å². The lowest BCUT2D eigenvalue weighted by atomic mass is 10.1. The van der Waals surface area contributed by atoms with Crippen LogP contribution < -0.4 is 10.1 Å². The van der Waals surface area contributed by atoms with Gasteiger partial charge in [0.2, 0.25) is 0 Å². The Labute approximate surface area is 127 Å². The van der Waals surface area contributed by atoms with E-state index in [4.69, 9.17) is 4.74 Å². The Bertz CT molecular complexity index is 373. The summed E-state index contributed by atoms with van der Waals surface area (Å²) in [4.78, 5) is 0. The van der Waals surface area contributed by atoms with E-state index in [1.54, 1.807) is 7.11 Å². The molecule has 0 saturated heterocycles. The van der Waals surface area contributed by atoms with Crippen LogP contribution in [-0.4, -0.2) is 25.2 Å². The highest BCUT2D eigenvalue weighted by Gasteiger charge is 2.16. The molecule has 2 nitrogen and oxygen atoms in total. The summed E-state index contributed by atoms with van der Waals surface area (Å²) in [5.74, 6) is 4.40. The summed E-state index contributed by atoms with van der Waals surface area (Å²) in [7, 11) is 1.72. The summed E-state index contributed by atoms with van der Waals surface area (Å²) >= 11 is 2.11. The lowest BCUT2D eigenvalue weighted by Gasteiger charge is -2.19. The normalized spacial score (nSPS) is 17.3. The van der Waals surface area contributed by atoms with Crippen molar-refractivity contribution in [2.45, 2.75) is 38.6 Å². The topological polar surface area (TPSA) is 21.3 Å². The molecule has 1 saturated carbocycles. The van der Waals surface area contributed by atoms with Crippen LogP contribution in [0.25, 0.3) is 0 Å². The van der Waals surface area contributed by atoms with Gasteiger partial charge in [-0.2, -0.15) is 11.8 Å². The van der Waals surface area contributed by atoms with Gasteiger partial charge in [0.1, 0.15) is 5.75 Å². The molecule has 0 bridgehead atoms. The monoisotopic (exact) mass is 293 g/mol. The number of benzene rings is 1. The number of methoxy groups -OCH3 is 1. The summed E-state index contributed by atoms with van der Waals surface area (Å²) < 4.78 is 5.23. The quantitative estimate of drug-likeness (QED) is 0.773. The zero-order chi connectivity index (χ0) is 14.2. The number of thioether (sulfide) groups is 1. The van der Waals surface area contributed by atoms with Gasteiger partial charge in [-0.25, -0.2) is 0 Å². The molecule has 0 aromatic heterocycles. The first-order valence-electron chi connectivity index (χ1n) is 7.78. The third kappa shape index (κ3) is 4.71. The molecule has 2 rings (SSSR count). The number of nitrogens with one attached hydrogen (secondary N) is 1. The molecule has 20 heavy (non-hydrogen) atoms. The predicted octanol–water partition coefficient (Wildman–Crippen LogP) is 4.27. The fraction of sp³-hybridized carbons (Fsp3) is 0.647. The van der Waals surface area contributed by atoms with Crippen LogP contribution in [0.3, 0.4) is 0 Å². The summed E-state index contributed by atoms with van der Waals surface area (Å²) in [6, 6.07) is 8.94.